The van der Waals surface area contributed by atoms with Crippen LogP contribution >= 0.6 is 0 Å². The largest absolute Gasteiger partial charge is 1.00 e. The van der Waals surface area contributed by atoms with Crippen LogP contribution in [0.1, 0.15) is 24.0 Å². The number of nitrogens with one attached hydrogen (secondary N) is 4. The van der Waals surface area contributed by atoms with Crippen LogP contribution in [0.25, 0.3) is 12.2 Å². The van der Waals surface area contributed by atoms with Gasteiger partial charge in [0.15, 0.2) is 11.1 Å². The smallest absolute Gasteiger partial charge is 0.748 e. The second-order valence-electron chi connectivity index (χ2n) is 16.4. The zero-order valence-corrected chi connectivity index (χ0v) is 51.3. The summed E-state index contributed by atoms with van der Waals surface area (Å²) in [6, 6.07) is 6.77. The molecule has 2 aromatic heterocycles. The molecule has 0 radical (unpaired) electrons. The number of quaternary nitrogens is 2. The Kier molecular flexibility index (Phi) is 24.1. The van der Waals surface area contributed by atoms with Crippen molar-refractivity contribution >= 4 is 99.7 Å². The normalized spacial score (nSPS) is 21.5. The number of benzene rings is 2. The van der Waals surface area contributed by atoms with Gasteiger partial charge in [0.2, 0.25) is 23.8 Å². The number of rotatable bonds is 24. The minimum Gasteiger partial charge on any atom is -0.748 e. The van der Waals surface area contributed by atoms with E-state index in [2.05, 4.69) is 51.2 Å². The van der Waals surface area contributed by atoms with Gasteiger partial charge in [0.25, 0.3) is 0 Å². The average Bonchev–Trinajstić information content (AvgIpc) is 4.07. The number of likely N-dealkylation sites (N-methyl/N-ethyl adjacent to an activating group) is 2. The van der Waals surface area contributed by atoms with Gasteiger partial charge in [0.1, 0.15) is 46.5 Å². The number of aromatic nitrogens is 6. The van der Waals surface area contributed by atoms with E-state index in [4.69, 9.17) is 0 Å². The van der Waals surface area contributed by atoms with Crippen molar-refractivity contribution in [1.82, 2.24) is 38.9 Å². The third kappa shape index (κ3) is 16.2. The first-order valence-corrected chi connectivity index (χ1v) is 26.0. The predicted molar refractivity (Wildman–Crippen MR) is 238 cm³/mol. The van der Waals surface area contributed by atoms with Crippen LogP contribution in [0.3, 0.4) is 0 Å². The molecule has 2 aromatic carbocycles. The first-order valence-electron chi connectivity index (χ1n) is 20.1. The van der Waals surface area contributed by atoms with Crippen molar-refractivity contribution in [2.45, 2.75) is 33.7 Å². The van der Waals surface area contributed by atoms with E-state index in [0.717, 1.165) is 24.3 Å². The molecule has 4 heterocycles. The minimum absolute atomic E-state index is 0. The molecule has 0 aliphatic carbocycles. The van der Waals surface area contributed by atoms with Crippen molar-refractivity contribution < 1.29 is 191 Å². The van der Waals surface area contributed by atoms with E-state index in [1.54, 1.807) is 14.1 Å². The van der Waals surface area contributed by atoms with Crippen LogP contribution in [0.15, 0.2) is 46.2 Å². The van der Waals surface area contributed by atoms with Gasteiger partial charge in [-0.1, -0.05) is 24.3 Å². The third-order valence-electron chi connectivity index (χ3n) is 11.8. The van der Waals surface area contributed by atoms with E-state index < -0.39 is 85.9 Å². The molecular formula is C36H46N12Na4O16S4+2. The number of nitrogens with zero attached hydrogens (tertiary/aromatic N) is 8. The van der Waals surface area contributed by atoms with Crippen LogP contribution in [0.5, 0.6) is 0 Å². The Balaban J connectivity index is 0.00000444. The second-order valence-corrected chi connectivity index (χ2v) is 22.1. The topological polar surface area (TPSA) is 435 Å². The van der Waals surface area contributed by atoms with Crippen LogP contribution in [-0.2, 0) is 40.5 Å². The van der Waals surface area contributed by atoms with Crippen LogP contribution in [0.2, 0.25) is 0 Å². The molecule has 4 aromatic rings. The molecule has 72 heavy (non-hydrogen) atoms. The molecule has 0 saturated carbocycles. The first-order chi connectivity index (χ1) is 31.6. The zero-order chi connectivity index (χ0) is 50.1. The monoisotopic (exact) mass is 1120 g/mol. The fourth-order valence-corrected chi connectivity index (χ4v) is 9.79. The third-order valence-corrected chi connectivity index (χ3v) is 15.0. The molecule has 4 unspecified atom stereocenters. The van der Waals surface area contributed by atoms with Crippen LogP contribution in [0, 0.1) is 0 Å². The van der Waals surface area contributed by atoms with Crippen LogP contribution in [0.4, 0.5) is 47.1 Å². The van der Waals surface area contributed by atoms with Gasteiger partial charge in [-0.2, -0.15) is 9.97 Å². The molecule has 2 aliphatic heterocycles. The van der Waals surface area contributed by atoms with Gasteiger partial charge < -0.3 is 59.9 Å². The number of hydrogen-bond donors (Lipinski definition) is 8. The Morgan fingerprint density at radius 2 is 0.889 bits per heavy atom. The SMILES string of the molecule is C[N+]1(c2nc(NCCS(=O)(=O)[O-])nc(Nc3ccc(C=Cc4ccc(Nc5nc(NCCS(=O)(=O)[O-])nc([N+]6(C)CC6(CO)CCO)n5)cc4S(=O)(=O)[O-])c(S(=O)(=O)[O-])c3)n2)CC1(CO)CCO.[Na+].[Na+].[Na+].[Na+]. The van der Waals surface area contributed by atoms with E-state index in [1.165, 1.54) is 24.3 Å². The maximum Gasteiger partial charge on any atom is 1.00 e. The van der Waals surface area contributed by atoms with Crippen molar-refractivity contribution in [2.75, 3.05) is 99.5 Å². The molecule has 2 fully saturated rings. The molecule has 28 nitrogen and oxygen atoms in total. The van der Waals surface area contributed by atoms with E-state index in [0.29, 0.717) is 0 Å². The van der Waals surface area contributed by atoms with Crippen molar-refractivity contribution in [3.63, 3.8) is 0 Å². The summed E-state index contributed by atoms with van der Waals surface area (Å²) in [7, 11) is -16.5. The second kappa shape index (κ2) is 26.0. The maximum atomic E-state index is 12.6. The van der Waals surface area contributed by atoms with Crippen LogP contribution in [-0.4, -0.2) is 191 Å². The van der Waals surface area contributed by atoms with E-state index in [1.807, 2.05) is 0 Å². The number of aliphatic hydroxyl groups excluding tert-OH is 4. The van der Waals surface area contributed by atoms with Crippen molar-refractivity contribution in [3.05, 3.63) is 47.5 Å². The van der Waals surface area contributed by atoms with Crippen molar-refractivity contribution in [1.29, 1.82) is 0 Å². The summed E-state index contributed by atoms with van der Waals surface area (Å²) < 4.78 is 143. The number of hydrogen-bond acceptors (Lipinski definition) is 26. The predicted octanol–water partition coefficient (Wildman–Crippen LogP) is -14.4. The summed E-state index contributed by atoms with van der Waals surface area (Å²) in [5.74, 6) is -2.54. The molecule has 2 saturated heterocycles. The van der Waals surface area contributed by atoms with Gasteiger partial charge >= 0.3 is 130 Å². The molecule has 8 N–H and O–H groups in total. The Labute approximate surface area is 503 Å². The fourth-order valence-electron chi connectivity index (χ4n) is 7.70. The molecule has 0 amide bonds. The first kappa shape index (κ1) is 66.9. The Hall–Kier alpha value is -1.20. The van der Waals surface area contributed by atoms with Gasteiger partial charge in [-0.05, 0) is 35.4 Å². The van der Waals surface area contributed by atoms with E-state index >= 15 is 0 Å². The summed E-state index contributed by atoms with van der Waals surface area (Å²) >= 11 is 0. The maximum absolute atomic E-state index is 12.6. The fraction of sp³-hybridized carbons (Fsp3) is 0.444. The van der Waals surface area contributed by atoms with Gasteiger partial charge in [-0.3, -0.25) is 0 Å². The molecular weight excluding hydrogens is 1080 g/mol. The van der Waals surface area contributed by atoms with E-state index in [-0.39, 0.29) is 238 Å². The number of aliphatic hydroxyl groups is 4. The van der Waals surface area contributed by atoms with Gasteiger partial charge in [0.05, 0.1) is 55.6 Å². The molecule has 36 heteroatoms. The average molecular weight is 1120 g/mol. The Morgan fingerprint density at radius 3 is 1.18 bits per heavy atom. The van der Waals surface area contributed by atoms with Gasteiger partial charge in [0, 0.05) is 50.5 Å². The molecule has 0 spiro atoms. The molecule has 4 atom stereocenters. The summed E-state index contributed by atoms with van der Waals surface area (Å²) in [5, 5.41) is 50.3. The van der Waals surface area contributed by atoms with Gasteiger partial charge in [-0.15, -0.1) is 19.9 Å². The number of anilines is 6. The summed E-state index contributed by atoms with van der Waals surface area (Å²) in [6.07, 6.45) is 2.43. The molecule has 372 valence electrons. The van der Waals surface area contributed by atoms with Crippen molar-refractivity contribution in [3.8, 4) is 0 Å². The quantitative estimate of drug-likeness (QED) is 0.0106. The standard InChI is InChI=1S/C36H48N12O16S4.4Na/c1-47(19-35(47,21-51)9-13-49)33-43-29(37-11-15-65(53,54)55)41-31(45-33)39-25-7-5-23(27(17-25)67(59,60)61)3-4-24-6-8-26(18-28(24)68(62,63)64)40-32-42-30(38-12-16-66(56,57)58)44-34(46-32)48(2)20-36(48,22-52)10-14-50;;;;/h3-8,17-18,49-52H,9-16,19-22H2,1-2H3,(H6-2,37,38,39,40,41,42,43,44,45,46,53,54,55,56,57,58,59,60,61,62,63,64);;;;/q;4*+1/p-2. The minimum atomic E-state index is -5.29. The zero-order valence-electron chi connectivity index (χ0n) is 40.0. The summed E-state index contributed by atoms with van der Waals surface area (Å²) in [5.41, 5.74) is -2.43. The van der Waals surface area contributed by atoms with Gasteiger partial charge in [-0.25, -0.2) is 42.6 Å². The Morgan fingerprint density at radius 1 is 0.556 bits per heavy atom. The van der Waals surface area contributed by atoms with Crippen molar-refractivity contribution in [2.24, 2.45) is 0 Å². The molecule has 6 rings (SSSR count). The van der Waals surface area contributed by atoms with Crippen LogP contribution < -0.4 is 148 Å². The summed E-state index contributed by atoms with van der Waals surface area (Å²) in [6.45, 7) is -1.58. The summed E-state index contributed by atoms with van der Waals surface area (Å²) in [4.78, 5) is 24.1. The molecule has 2 aliphatic rings. The van der Waals surface area contributed by atoms with E-state index in [9.17, 15) is 72.3 Å². The molecule has 0 bridgehead atoms. The Bertz CT molecular complexity index is 2880.